The summed E-state index contributed by atoms with van der Waals surface area (Å²) in [4.78, 5) is 8.71. The lowest BCUT2D eigenvalue weighted by Gasteiger charge is -2.13. The third-order valence-corrected chi connectivity index (χ3v) is 4.25. The van der Waals surface area contributed by atoms with Gasteiger partial charge >= 0.3 is 0 Å². The summed E-state index contributed by atoms with van der Waals surface area (Å²) in [6.07, 6.45) is 3.23. The maximum absolute atomic E-state index is 9.39. The number of nitriles is 1. The van der Waals surface area contributed by atoms with Crippen molar-refractivity contribution in [3.63, 3.8) is 0 Å². The van der Waals surface area contributed by atoms with E-state index in [2.05, 4.69) is 33.4 Å². The van der Waals surface area contributed by atoms with E-state index in [1.165, 1.54) is 0 Å². The summed E-state index contributed by atoms with van der Waals surface area (Å²) in [5, 5.41) is 21.1. The Labute approximate surface area is 150 Å². The van der Waals surface area contributed by atoms with E-state index in [1.807, 2.05) is 42.6 Å². The van der Waals surface area contributed by atoms with Crippen LogP contribution in [0.15, 0.2) is 66.5 Å². The van der Waals surface area contributed by atoms with Crippen molar-refractivity contribution in [2.45, 2.75) is 6.23 Å². The monoisotopic (exact) mass is 343 g/mol. The van der Waals surface area contributed by atoms with Gasteiger partial charge in [-0.1, -0.05) is 17.3 Å². The number of rotatable bonds is 5. The van der Waals surface area contributed by atoms with E-state index in [0.717, 1.165) is 27.7 Å². The van der Waals surface area contributed by atoms with E-state index >= 15 is 0 Å². The SMILES string of the molecule is C=CCNc1ccc(C2NC(c3ccc4[nH]ccc4c3)=NO2)cc1C#N. The smallest absolute Gasteiger partial charge is 0.224 e. The second kappa shape index (κ2) is 6.65. The van der Waals surface area contributed by atoms with Crippen LogP contribution < -0.4 is 10.6 Å². The second-order valence-electron chi connectivity index (χ2n) is 5.94. The van der Waals surface area contributed by atoms with E-state index in [0.29, 0.717) is 17.9 Å². The summed E-state index contributed by atoms with van der Waals surface area (Å²) in [7, 11) is 0. The van der Waals surface area contributed by atoms with Crippen molar-refractivity contribution in [3.8, 4) is 6.07 Å². The van der Waals surface area contributed by atoms with Gasteiger partial charge in [0.2, 0.25) is 6.23 Å². The molecule has 1 aromatic heterocycles. The van der Waals surface area contributed by atoms with Gasteiger partial charge in [-0.25, -0.2) is 0 Å². The molecule has 128 valence electrons. The molecule has 2 heterocycles. The summed E-state index contributed by atoms with van der Waals surface area (Å²) >= 11 is 0. The van der Waals surface area contributed by atoms with Crippen molar-refractivity contribution in [2.75, 3.05) is 11.9 Å². The average Bonchev–Trinajstić information content (AvgIpc) is 3.34. The van der Waals surface area contributed by atoms with Gasteiger partial charge in [0.15, 0.2) is 5.84 Å². The first-order valence-electron chi connectivity index (χ1n) is 8.25. The quantitative estimate of drug-likeness (QED) is 0.618. The van der Waals surface area contributed by atoms with Crippen LogP contribution in [0.25, 0.3) is 10.9 Å². The first-order chi connectivity index (χ1) is 12.8. The normalized spacial score (nSPS) is 15.7. The van der Waals surface area contributed by atoms with Gasteiger partial charge in [0.05, 0.1) is 11.3 Å². The number of hydrogen-bond donors (Lipinski definition) is 3. The Kier molecular flexibility index (Phi) is 4.04. The Morgan fingerprint density at radius 3 is 3.04 bits per heavy atom. The van der Waals surface area contributed by atoms with Gasteiger partial charge in [0, 0.05) is 34.8 Å². The standard InChI is InChI=1S/C20H17N5O/c1-2-8-22-18-6-4-15(11-16(18)12-21)20-24-19(25-26-20)14-3-5-17-13(10-14)7-9-23-17/h2-7,9-11,20,22-23H,1,8H2,(H,24,25). The summed E-state index contributed by atoms with van der Waals surface area (Å²) < 4.78 is 0. The fraction of sp³-hybridized carbons (Fsp3) is 0.100. The van der Waals surface area contributed by atoms with Crippen molar-refractivity contribution >= 4 is 22.4 Å². The van der Waals surface area contributed by atoms with Crippen LogP contribution >= 0.6 is 0 Å². The van der Waals surface area contributed by atoms with Crippen molar-refractivity contribution in [1.29, 1.82) is 5.26 Å². The molecule has 0 spiro atoms. The zero-order chi connectivity index (χ0) is 17.9. The van der Waals surface area contributed by atoms with Crippen molar-refractivity contribution in [2.24, 2.45) is 5.16 Å². The number of oxime groups is 1. The number of nitrogens with zero attached hydrogens (tertiary/aromatic N) is 2. The minimum absolute atomic E-state index is 0.424. The molecule has 1 unspecified atom stereocenters. The molecule has 1 aliphatic rings. The van der Waals surface area contributed by atoms with Gasteiger partial charge in [0.25, 0.3) is 0 Å². The maximum atomic E-state index is 9.39. The summed E-state index contributed by atoms with van der Waals surface area (Å²) in [5.74, 6) is 0.672. The van der Waals surface area contributed by atoms with Gasteiger partial charge in [-0.05, 0) is 36.4 Å². The number of hydrogen-bond acceptors (Lipinski definition) is 5. The summed E-state index contributed by atoms with van der Waals surface area (Å²) in [6, 6.07) is 15.8. The third kappa shape index (κ3) is 2.87. The number of aromatic nitrogens is 1. The highest BCUT2D eigenvalue weighted by Gasteiger charge is 2.23. The Morgan fingerprint density at radius 1 is 1.27 bits per heavy atom. The van der Waals surface area contributed by atoms with Gasteiger partial charge in [0.1, 0.15) is 6.07 Å². The topological polar surface area (TPSA) is 85.2 Å². The molecule has 1 aliphatic heterocycles. The van der Waals surface area contributed by atoms with Crippen molar-refractivity contribution in [1.82, 2.24) is 10.3 Å². The number of fused-ring (bicyclic) bond motifs is 1. The van der Waals surface area contributed by atoms with Crippen LogP contribution in [0.4, 0.5) is 5.69 Å². The van der Waals surface area contributed by atoms with Gasteiger partial charge in [-0.2, -0.15) is 5.26 Å². The Morgan fingerprint density at radius 2 is 2.19 bits per heavy atom. The lowest BCUT2D eigenvalue weighted by atomic mass is 10.1. The largest absolute Gasteiger partial charge is 0.381 e. The zero-order valence-corrected chi connectivity index (χ0v) is 14.0. The summed E-state index contributed by atoms with van der Waals surface area (Å²) in [6.45, 7) is 4.27. The van der Waals surface area contributed by atoms with E-state index in [-0.39, 0.29) is 0 Å². The molecular weight excluding hydrogens is 326 g/mol. The van der Waals surface area contributed by atoms with Crippen LogP contribution in [-0.2, 0) is 4.84 Å². The predicted octanol–water partition coefficient (Wildman–Crippen LogP) is 3.62. The highest BCUT2D eigenvalue weighted by molar-refractivity contribution is 6.02. The number of benzene rings is 2. The van der Waals surface area contributed by atoms with Gasteiger partial charge in [-0.3, -0.25) is 0 Å². The molecule has 0 saturated carbocycles. The van der Waals surface area contributed by atoms with Crippen LogP contribution in [0.1, 0.15) is 22.9 Å². The number of amidine groups is 1. The fourth-order valence-electron chi connectivity index (χ4n) is 2.92. The highest BCUT2D eigenvalue weighted by Crippen LogP contribution is 2.26. The second-order valence-corrected chi connectivity index (χ2v) is 5.94. The van der Waals surface area contributed by atoms with Crippen LogP contribution in [-0.4, -0.2) is 17.4 Å². The number of H-pyrrole nitrogens is 1. The predicted molar refractivity (Wildman–Crippen MR) is 102 cm³/mol. The van der Waals surface area contributed by atoms with E-state index in [9.17, 15) is 5.26 Å². The molecule has 2 aromatic carbocycles. The average molecular weight is 343 g/mol. The number of anilines is 1. The number of nitrogens with one attached hydrogen (secondary N) is 3. The first-order valence-corrected chi connectivity index (χ1v) is 8.25. The molecule has 0 radical (unpaired) electrons. The highest BCUT2D eigenvalue weighted by atomic mass is 16.7. The molecule has 4 rings (SSSR count). The van der Waals surface area contributed by atoms with Crippen LogP contribution in [0.5, 0.6) is 0 Å². The molecule has 0 saturated heterocycles. The molecule has 0 bridgehead atoms. The minimum atomic E-state index is -0.424. The van der Waals surface area contributed by atoms with E-state index < -0.39 is 6.23 Å². The molecule has 0 aliphatic carbocycles. The molecule has 6 heteroatoms. The van der Waals surface area contributed by atoms with Gasteiger partial charge in [-0.15, -0.1) is 6.58 Å². The molecule has 3 aromatic rings. The maximum Gasteiger partial charge on any atom is 0.224 e. The van der Waals surface area contributed by atoms with E-state index in [1.54, 1.807) is 12.1 Å². The Hall–Kier alpha value is -3.72. The molecular formula is C20H17N5O. The van der Waals surface area contributed by atoms with Crippen LogP contribution in [0.2, 0.25) is 0 Å². The number of aromatic amines is 1. The zero-order valence-electron chi connectivity index (χ0n) is 14.0. The van der Waals surface area contributed by atoms with Gasteiger partial charge < -0.3 is 20.5 Å². The molecule has 1 atom stereocenters. The van der Waals surface area contributed by atoms with E-state index in [4.69, 9.17) is 4.84 Å². The Balaban J connectivity index is 1.54. The van der Waals surface area contributed by atoms with Crippen molar-refractivity contribution < 1.29 is 4.84 Å². The summed E-state index contributed by atoms with van der Waals surface area (Å²) in [5.41, 5.74) is 4.19. The molecule has 0 fully saturated rings. The Bertz CT molecular complexity index is 1040. The fourth-order valence-corrected chi connectivity index (χ4v) is 2.92. The minimum Gasteiger partial charge on any atom is -0.381 e. The lowest BCUT2D eigenvalue weighted by Crippen LogP contribution is -2.23. The lowest BCUT2D eigenvalue weighted by molar-refractivity contribution is 0.0729. The first kappa shape index (κ1) is 15.8. The molecule has 26 heavy (non-hydrogen) atoms. The van der Waals surface area contributed by atoms with Crippen LogP contribution in [0, 0.1) is 11.3 Å². The van der Waals surface area contributed by atoms with Crippen molar-refractivity contribution in [3.05, 3.63) is 78.0 Å². The molecule has 3 N–H and O–H groups in total. The van der Waals surface area contributed by atoms with Crippen LogP contribution in [0.3, 0.4) is 0 Å². The molecule has 0 amide bonds. The molecule has 6 nitrogen and oxygen atoms in total. The third-order valence-electron chi connectivity index (χ3n) is 4.25.